The molecule has 6 nitrogen and oxygen atoms in total. The van der Waals surface area contributed by atoms with E-state index in [2.05, 4.69) is 15.6 Å². The van der Waals surface area contributed by atoms with E-state index in [-0.39, 0.29) is 11.8 Å². The van der Waals surface area contributed by atoms with Crippen molar-refractivity contribution in [1.29, 1.82) is 0 Å². The van der Waals surface area contributed by atoms with Gasteiger partial charge in [-0.05, 0) is 17.9 Å². The quantitative estimate of drug-likeness (QED) is 0.447. The van der Waals surface area contributed by atoms with Gasteiger partial charge in [0, 0.05) is 41.0 Å². The number of thiophene rings is 1. The monoisotopic (exact) mass is 410 g/mol. The van der Waals surface area contributed by atoms with Gasteiger partial charge in [-0.15, -0.1) is 11.3 Å². The number of hydrogen-bond donors (Lipinski definition) is 2. The number of anilines is 1. The molecule has 4 aromatic rings. The molecular weight excluding hydrogens is 392 g/mol. The van der Waals surface area contributed by atoms with Crippen molar-refractivity contribution in [3.05, 3.63) is 64.3 Å². The number of thiazole rings is 1. The number of hydrogen-bond acceptors (Lipinski definition) is 5. The van der Waals surface area contributed by atoms with Gasteiger partial charge in [-0.2, -0.15) is 11.3 Å². The lowest BCUT2D eigenvalue weighted by atomic mass is 10.1. The minimum absolute atomic E-state index is 0.102. The Kier molecular flexibility index (Phi) is 5.50. The van der Waals surface area contributed by atoms with Crippen LogP contribution in [0.4, 0.5) is 5.82 Å². The van der Waals surface area contributed by atoms with E-state index in [4.69, 9.17) is 0 Å². The maximum atomic E-state index is 12.5. The molecule has 2 amide bonds. The Hall–Kier alpha value is -2.97. The van der Waals surface area contributed by atoms with Gasteiger partial charge >= 0.3 is 0 Å². The molecule has 142 valence electrons. The van der Waals surface area contributed by atoms with Crippen LogP contribution in [0.2, 0.25) is 0 Å². The first-order valence-corrected chi connectivity index (χ1v) is 10.7. The van der Waals surface area contributed by atoms with Crippen molar-refractivity contribution in [3.8, 4) is 11.3 Å². The van der Waals surface area contributed by atoms with E-state index in [1.54, 1.807) is 11.4 Å². The molecule has 28 heavy (non-hydrogen) atoms. The average Bonchev–Trinajstić information content (AvgIpc) is 3.45. The van der Waals surface area contributed by atoms with Gasteiger partial charge in [-0.1, -0.05) is 30.3 Å². The Balaban J connectivity index is 1.38. The summed E-state index contributed by atoms with van der Waals surface area (Å²) in [4.78, 5) is 29.9. The van der Waals surface area contributed by atoms with Crippen LogP contribution in [-0.4, -0.2) is 27.7 Å². The molecule has 0 unspecified atom stereocenters. The lowest BCUT2D eigenvalue weighted by Crippen LogP contribution is -2.25. The van der Waals surface area contributed by atoms with Gasteiger partial charge in [-0.3, -0.25) is 14.0 Å². The van der Waals surface area contributed by atoms with Gasteiger partial charge in [0.2, 0.25) is 5.91 Å². The molecule has 0 spiro atoms. The molecular formula is C20H18N4O2S2. The average molecular weight is 411 g/mol. The highest BCUT2D eigenvalue weighted by Gasteiger charge is 2.17. The van der Waals surface area contributed by atoms with Gasteiger partial charge < -0.3 is 10.6 Å². The maximum Gasteiger partial charge on any atom is 0.252 e. The normalized spacial score (nSPS) is 10.9. The van der Waals surface area contributed by atoms with Gasteiger partial charge in [0.15, 0.2) is 4.96 Å². The molecule has 2 N–H and O–H groups in total. The summed E-state index contributed by atoms with van der Waals surface area (Å²) in [5.74, 6) is 0.466. The summed E-state index contributed by atoms with van der Waals surface area (Å²) >= 11 is 3.00. The fourth-order valence-electron chi connectivity index (χ4n) is 2.84. The summed E-state index contributed by atoms with van der Waals surface area (Å²) in [5, 5.41) is 11.4. The topological polar surface area (TPSA) is 75.5 Å². The van der Waals surface area contributed by atoms with E-state index in [1.165, 1.54) is 22.7 Å². The summed E-state index contributed by atoms with van der Waals surface area (Å²) in [6.45, 7) is 0.452. The molecule has 1 aromatic carbocycles. The standard InChI is InChI=1S/C20H18N4O2S2/c25-16(7-4-9-21-19(26)15-8-11-27-13-15)22-18-17(14-5-2-1-3-6-14)23-20-24(18)10-12-28-20/h1-3,5-6,8,10-13H,4,7,9H2,(H,21,26)(H,22,25). The Morgan fingerprint density at radius 2 is 1.96 bits per heavy atom. The highest BCUT2D eigenvalue weighted by molar-refractivity contribution is 7.15. The molecule has 3 aromatic heterocycles. The Morgan fingerprint density at radius 1 is 1.11 bits per heavy atom. The zero-order valence-electron chi connectivity index (χ0n) is 14.9. The minimum Gasteiger partial charge on any atom is -0.352 e. The first-order valence-electron chi connectivity index (χ1n) is 8.83. The zero-order valence-corrected chi connectivity index (χ0v) is 16.6. The third kappa shape index (κ3) is 3.97. The van der Waals surface area contributed by atoms with Crippen molar-refractivity contribution < 1.29 is 9.59 Å². The first kappa shape index (κ1) is 18.4. The lowest BCUT2D eigenvalue weighted by molar-refractivity contribution is -0.116. The third-order valence-corrected chi connectivity index (χ3v) is 5.66. The Morgan fingerprint density at radius 3 is 2.75 bits per heavy atom. The second-order valence-electron chi connectivity index (χ2n) is 6.15. The summed E-state index contributed by atoms with van der Waals surface area (Å²) in [5.41, 5.74) is 2.37. The molecule has 0 fully saturated rings. The van der Waals surface area contributed by atoms with Crippen LogP contribution in [0.5, 0.6) is 0 Å². The van der Waals surface area contributed by atoms with Crippen LogP contribution in [0.1, 0.15) is 23.2 Å². The van der Waals surface area contributed by atoms with Crippen LogP contribution in [-0.2, 0) is 4.79 Å². The molecule has 0 saturated carbocycles. The number of nitrogens with one attached hydrogen (secondary N) is 2. The van der Waals surface area contributed by atoms with Crippen molar-refractivity contribution in [2.45, 2.75) is 12.8 Å². The molecule has 0 bridgehead atoms. The number of benzene rings is 1. The zero-order chi connectivity index (χ0) is 19.3. The number of carbonyl (C=O) groups is 2. The highest BCUT2D eigenvalue weighted by atomic mass is 32.1. The second-order valence-corrected chi connectivity index (χ2v) is 7.80. The number of fused-ring (bicyclic) bond motifs is 1. The third-order valence-electron chi connectivity index (χ3n) is 4.22. The molecule has 0 radical (unpaired) electrons. The number of aromatic nitrogens is 2. The first-order chi connectivity index (χ1) is 13.7. The van der Waals surface area contributed by atoms with Crippen LogP contribution >= 0.6 is 22.7 Å². The number of carbonyl (C=O) groups excluding carboxylic acids is 2. The maximum absolute atomic E-state index is 12.5. The molecule has 3 heterocycles. The predicted octanol–water partition coefficient (Wildman–Crippen LogP) is 4.27. The van der Waals surface area contributed by atoms with Crippen molar-refractivity contribution in [1.82, 2.24) is 14.7 Å². The summed E-state index contributed by atoms with van der Waals surface area (Å²) in [6, 6.07) is 11.6. The number of amides is 2. The largest absolute Gasteiger partial charge is 0.352 e. The van der Waals surface area contributed by atoms with Crippen molar-refractivity contribution in [2.24, 2.45) is 0 Å². The number of imidazole rings is 1. The fraction of sp³-hybridized carbons (Fsp3) is 0.150. The van der Waals surface area contributed by atoms with E-state index in [9.17, 15) is 9.59 Å². The fourth-order valence-corrected chi connectivity index (χ4v) is 4.19. The van der Waals surface area contributed by atoms with E-state index >= 15 is 0 Å². The Labute approximate surface area is 169 Å². The van der Waals surface area contributed by atoms with E-state index in [0.717, 1.165) is 16.2 Å². The highest BCUT2D eigenvalue weighted by Crippen LogP contribution is 2.30. The SMILES string of the molecule is O=C(CCCNC(=O)c1ccsc1)Nc1c(-c2ccccc2)nc2sccn12. The molecule has 0 atom stereocenters. The second kappa shape index (κ2) is 8.37. The van der Waals surface area contributed by atoms with Crippen molar-refractivity contribution in [2.75, 3.05) is 11.9 Å². The summed E-state index contributed by atoms with van der Waals surface area (Å²) in [7, 11) is 0. The molecule has 0 aliphatic rings. The smallest absolute Gasteiger partial charge is 0.252 e. The lowest BCUT2D eigenvalue weighted by Gasteiger charge is -2.08. The predicted molar refractivity (Wildman–Crippen MR) is 113 cm³/mol. The minimum atomic E-state index is -0.108. The number of rotatable bonds is 7. The van der Waals surface area contributed by atoms with Crippen molar-refractivity contribution >= 4 is 45.3 Å². The summed E-state index contributed by atoms with van der Waals surface area (Å²) in [6.07, 6.45) is 2.78. The molecule has 0 saturated heterocycles. The van der Waals surface area contributed by atoms with Crippen LogP contribution in [0.15, 0.2) is 58.7 Å². The molecule has 4 rings (SSSR count). The molecule has 0 aliphatic heterocycles. The molecule has 0 aliphatic carbocycles. The van der Waals surface area contributed by atoms with E-state index in [1.807, 2.05) is 51.7 Å². The van der Waals surface area contributed by atoms with Crippen LogP contribution in [0.25, 0.3) is 16.2 Å². The van der Waals surface area contributed by atoms with Gasteiger partial charge in [0.25, 0.3) is 5.91 Å². The Bertz CT molecular complexity index is 1080. The van der Waals surface area contributed by atoms with Crippen molar-refractivity contribution in [3.63, 3.8) is 0 Å². The summed E-state index contributed by atoms with van der Waals surface area (Å²) < 4.78 is 1.89. The van der Waals surface area contributed by atoms with Gasteiger partial charge in [-0.25, -0.2) is 4.98 Å². The van der Waals surface area contributed by atoms with Crippen LogP contribution < -0.4 is 10.6 Å². The van der Waals surface area contributed by atoms with Crippen LogP contribution in [0.3, 0.4) is 0 Å². The van der Waals surface area contributed by atoms with Gasteiger partial charge in [0.1, 0.15) is 11.5 Å². The van der Waals surface area contributed by atoms with E-state index < -0.39 is 0 Å². The van der Waals surface area contributed by atoms with E-state index in [0.29, 0.717) is 30.8 Å². The molecule has 8 heteroatoms. The van der Waals surface area contributed by atoms with Gasteiger partial charge in [0.05, 0.1) is 0 Å². The van der Waals surface area contributed by atoms with Crippen LogP contribution in [0, 0.1) is 0 Å². The number of nitrogens with zero attached hydrogens (tertiary/aromatic N) is 2.